The Bertz CT molecular complexity index is 399. The number of nitrogens with zero attached hydrogens (tertiary/aromatic N) is 2. The van der Waals surface area contributed by atoms with Gasteiger partial charge in [0.15, 0.2) is 0 Å². The van der Waals surface area contributed by atoms with E-state index in [2.05, 4.69) is 55.7 Å². The van der Waals surface area contributed by atoms with E-state index in [1.54, 1.807) is 0 Å². The van der Waals surface area contributed by atoms with Crippen LogP contribution in [0.25, 0.3) is 0 Å². The first-order valence-electron chi connectivity index (χ1n) is 8.37. The minimum absolute atomic E-state index is 0.627. The molecular formula is C18H33N3. The molecule has 3 nitrogen and oxygen atoms in total. The molecule has 0 radical (unpaired) electrons. The molecule has 0 aliphatic rings. The molecule has 0 amide bonds. The summed E-state index contributed by atoms with van der Waals surface area (Å²) in [6.45, 7) is 16.4. The number of aryl methyl sites for hydroxylation is 1. The molecule has 0 atom stereocenters. The smallest absolute Gasteiger partial charge is 0.0236 e. The van der Waals surface area contributed by atoms with Gasteiger partial charge in [0, 0.05) is 13.1 Å². The summed E-state index contributed by atoms with van der Waals surface area (Å²) in [6, 6.07) is 6.62. The van der Waals surface area contributed by atoms with Crippen LogP contribution in [0.5, 0.6) is 0 Å². The van der Waals surface area contributed by atoms with Crippen LogP contribution < -0.4 is 5.73 Å². The third kappa shape index (κ3) is 6.16. The maximum atomic E-state index is 5.70. The van der Waals surface area contributed by atoms with Crippen LogP contribution >= 0.6 is 0 Å². The third-order valence-electron chi connectivity index (χ3n) is 4.33. The van der Waals surface area contributed by atoms with Gasteiger partial charge in [-0.05, 0) is 62.8 Å². The highest BCUT2D eigenvalue weighted by Gasteiger charge is 2.07. The summed E-state index contributed by atoms with van der Waals surface area (Å²) in [5.74, 6) is 0. The predicted molar refractivity (Wildman–Crippen MR) is 92.4 cm³/mol. The number of hydrogen-bond acceptors (Lipinski definition) is 3. The Kier molecular flexibility index (Phi) is 8.58. The molecule has 0 aliphatic carbocycles. The molecular weight excluding hydrogens is 258 g/mol. The lowest BCUT2D eigenvalue weighted by molar-refractivity contribution is 0.238. The van der Waals surface area contributed by atoms with Crippen LogP contribution in [0.3, 0.4) is 0 Å². The van der Waals surface area contributed by atoms with E-state index in [9.17, 15) is 0 Å². The van der Waals surface area contributed by atoms with Crippen molar-refractivity contribution in [2.24, 2.45) is 5.73 Å². The normalized spacial score (nSPS) is 11.6. The molecule has 3 heteroatoms. The van der Waals surface area contributed by atoms with Gasteiger partial charge < -0.3 is 10.6 Å². The number of nitrogens with two attached hydrogens (primary N) is 1. The minimum Gasteiger partial charge on any atom is -0.326 e. The summed E-state index contributed by atoms with van der Waals surface area (Å²) in [4.78, 5) is 5.03. The summed E-state index contributed by atoms with van der Waals surface area (Å²) in [5, 5.41) is 0. The summed E-state index contributed by atoms with van der Waals surface area (Å²) in [7, 11) is 0. The lowest BCUT2D eigenvalue weighted by atomic mass is 10.0. The van der Waals surface area contributed by atoms with E-state index < -0.39 is 0 Å². The molecule has 0 aromatic heterocycles. The van der Waals surface area contributed by atoms with E-state index in [-0.39, 0.29) is 0 Å². The zero-order chi connectivity index (χ0) is 15.7. The molecule has 120 valence electrons. The van der Waals surface area contributed by atoms with Crippen molar-refractivity contribution < 1.29 is 0 Å². The highest BCUT2D eigenvalue weighted by molar-refractivity contribution is 5.30. The Labute approximate surface area is 131 Å². The molecule has 2 N–H and O–H groups in total. The standard InChI is InChI=1S/C18H33N3/c1-5-20(6-2)11-8-12-21(7-3)15-18-10-9-17(14-19)13-16(18)4/h9-10,13H,5-8,11-12,14-15,19H2,1-4H3. The van der Waals surface area contributed by atoms with Crippen LogP contribution in [0.2, 0.25) is 0 Å². The molecule has 1 rings (SSSR count). The van der Waals surface area contributed by atoms with Crippen molar-refractivity contribution in [1.82, 2.24) is 9.80 Å². The Morgan fingerprint density at radius 1 is 0.952 bits per heavy atom. The van der Waals surface area contributed by atoms with E-state index in [1.807, 2.05) is 0 Å². The van der Waals surface area contributed by atoms with Gasteiger partial charge in [0.05, 0.1) is 0 Å². The monoisotopic (exact) mass is 291 g/mol. The van der Waals surface area contributed by atoms with Gasteiger partial charge in [0.25, 0.3) is 0 Å². The largest absolute Gasteiger partial charge is 0.326 e. The fourth-order valence-corrected chi connectivity index (χ4v) is 2.71. The highest BCUT2D eigenvalue weighted by atomic mass is 15.1. The number of hydrogen-bond donors (Lipinski definition) is 1. The first kappa shape index (κ1) is 18.1. The molecule has 0 fully saturated rings. The zero-order valence-corrected chi connectivity index (χ0v) is 14.4. The van der Waals surface area contributed by atoms with Gasteiger partial charge in [-0.2, -0.15) is 0 Å². The lowest BCUT2D eigenvalue weighted by Crippen LogP contribution is -2.30. The number of benzene rings is 1. The van der Waals surface area contributed by atoms with E-state index in [4.69, 9.17) is 5.73 Å². The van der Waals surface area contributed by atoms with Crippen molar-refractivity contribution in [2.45, 2.75) is 47.2 Å². The Morgan fingerprint density at radius 2 is 1.57 bits per heavy atom. The fraction of sp³-hybridized carbons (Fsp3) is 0.667. The molecule has 0 aliphatic heterocycles. The summed E-state index contributed by atoms with van der Waals surface area (Å²) < 4.78 is 0. The van der Waals surface area contributed by atoms with Crippen molar-refractivity contribution in [3.05, 3.63) is 34.9 Å². The van der Waals surface area contributed by atoms with Gasteiger partial charge in [0.1, 0.15) is 0 Å². The van der Waals surface area contributed by atoms with E-state index in [0.29, 0.717) is 6.54 Å². The number of rotatable bonds is 10. The van der Waals surface area contributed by atoms with Crippen LogP contribution in [-0.4, -0.2) is 42.5 Å². The summed E-state index contributed by atoms with van der Waals surface area (Å²) in [5.41, 5.74) is 9.71. The van der Waals surface area contributed by atoms with Crippen LogP contribution in [0.4, 0.5) is 0 Å². The second-order valence-electron chi connectivity index (χ2n) is 5.71. The van der Waals surface area contributed by atoms with Gasteiger partial charge in [0.2, 0.25) is 0 Å². The summed E-state index contributed by atoms with van der Waals surface area (Å²) >= 11 is 0. The van der Waals surface area contributed by atoms with Crippen molar-refractivity contribution >= 4 is 0 Å². The average Bonchev–Trinajstić information content (AvgIpc) is 2.51. The highest BCUT2D eigenvalue weighted by Crippen LogP contribution is 2.13. The second kappa shape index (κ2) is 9.93. The van der Waals surface area contributed by atoms with Crippen molar-refractivity contribution in [3.8, 4) is 0 Å². The predicted octanol–water partition coefficient (Wildman–Crippen LogP) is 3.01. The topological polar surface area (TPSA) is 32.5 Å². The molecule has 1 aromatic carbocycles. The molecule has 0 bridgehead atoms. The maximum Gasteiger partial charge on any atom is 0.0236 e. The quantitative estimate of drug-likeness (QED) is 0.719. The van der Waals surface area contributed by atoms with Crippen LogP contribution in [-0.2, 0) is 13.1 Å². The van der Waals surface area contributed by atoms with Crippen molar-refractivity contribution in [1.29, 1.82) is 0 Å². The van der Waals surface area contributed by atoms with Gasteiger partial charge in [-0.15, -0.1) is 0 Å². The summed E-state index contributed by atoms with van der Waals surface area (Å²) in [6.07, 6.45) is 1.25. The third-order valence-corrected chi connectivity index (χ3v) is 4.33. The molecule has 1 aromatic rings. The second-order valence-corrected chi connectivity index (χ2v) is 5.71. The average molecular weight is 291 g/mol. The van der Waals surface area contributed by atoms with E-state index in [1.165, 1.54) is 36.2 Å². The Balaban J connectivity index is 2.50. The van der Waals surface area contributed by atoms with E-state index in [0.717, 1.165) is 26.2 Å². The van der Waals surface area contributed by atoms with Crippen LogP contribution in [0, 0.1) is 6.92 Å². The molecule has 0 spiro atoms. The van der Waals surface area contributed by atoms with Gasteiger partial charge in [-0.3, -0.25) is 4.90 Å². The Hall–Kier alpha value is -0.900. The first-order chi connectivity index (χ1) is 10.1. The van der Waals surface area contributed by atoms with Crippen molar-refractivity contribution in [3.63, 3.8) is 0 Å². The van der Waals surface area contributed by atoms with Gasteiger partial charge in [-0.25, -0.2) is 0 Å². The molecule has 21 heavy (non-hydrogen) atoms. The Morgan fingerprint density at radius 3 is 2.10 bits per heavy atom. The van der Waals surface area contributed by atoms with Gasteiger partial charge >= 0.3 is 0 Å². The fourth-order valence-electron chi connectivity index (χ4n) is 2.71. The zero-order valence-electron chi connectivity index (χ0n) is 14.4. The molecule has 0 unspecified atom stereocenters. The molecule has 0 saturated carbocycles. The molecule has 0 heterocycles. The van der Waals surface area contributed by atoms with Crippen molar-refractivity contribution in [2.75, 3.05) is 32.7 Å². The SMILES string of the molecule is CCN(CC)CCCN(CC)Cc1ccc(CN)cc1C. The minimum atomic E-state index is 0.627. The van der Waals surface area contributed by atoms with Crippen LogP contribution in [0.1, 0.15) is 43.9 Å². The van der Waals surface area contributed by atoms with Gasteiger partial charge in [-0.1, -0.05) is 39.0 Å². The lowest BCUT2D eigenvalue weighted by Gasteiger charge is -2.24. The van der Waals surface area contributed by atoms with Crippen LogP contribution in [0.15, 0.2) is 18.2 Å². The van der Waals surface area contributed by atoms with E-state index >= 15 is 0 Å². The first-order valence-corrected chi connectivity index (χ1v) is 8.37. The molecule has 0 saturated heterocycles. The maximum absolute atomic E-state index is 5.70.